The van der Waals surface area contributed by atoms with Gasteiger partial charge in [0.1, 0.15) is 12.3 Å². The first kappa shape index (κ1) is 25.7. The van der Waals surface area contributed by atoms with Gasteiger partial charge in [-0.1, -0.05) is 42.5 Å². The van der Waals surface area contributed by atoms with Gasteiger partial charge in [0, 0.05) is 19.1 Å². The number of methoxy groups -OCH3 is 1. The van der Waals surface area contributed by atoms with Crippen LogP contribution in [0.2, 0.25) is 0 Å². The molecule has 0 saturated heterocycles. The fourth-order valence-corrected chi connectivity index (χ4v) is 2.80. The van der Waals surface area contributed by atoms with E-state index in [4.69, 9.17) is 4.74 Å². The van der Waals surface area contributed by atoms with E-state index < -0.39 is 0 Å². The smallest absolute Gasteiger partial charge is 0.242 e. The maximum absolute atomic E-state index is 12.1. The van der Waals surface area contributed by atoms with Crippen LogP contribution in [0, 0.1) is 0 Å². The molecule has 0 heterocycles. The van der Waals surface area contributed by atoms with Gasteiger partial charge in [0.15, 0.2) is 5.96 Å². The topological polar surface area (TPSA) is 74.8 Å². The number of carbonyl (C=O) groups is 1. The highest BCUT2D eigenvalue weighted by atomic mass is 127. The number of aliphatic imine (C=N–C) groups is 1. The third kappa shape index (κ3) is 9.96. The molecule has 0 fully saturated rings. The van der Waals surface area contributed by atoms with Gasteiger partial charge in [-0.3, -0.25) is 4.79 Å². The van der Waals surface area contributed by atoms with Crippen LogP contribution in [-0.4, -0.2) is 38.1 Å². The molecule has 7 heteroatoms. The van der Waals surface area contributed by atoms with Gasteiger partial charge in [0.05, 0.1) is 7.11 Å². The van der Waals surface area contributed by atoms with Gasteiger partial charge < -0.3 is 20.7 Å². The Morgan fingerprint density at radius 1 is 1.03 bits per heavy atom. The Morgan fingerprint density at radius 2 is 1.73 bits per heavy atom. The molecular formula is C23H33IN4O2. The minimum Gasteiger partial charge on any atom is -0.497 e. The van der Waals surface area contributed by atoms with Crippen molar-refractivity contribution < 1.29 is 9.53 Å². The van der Waals surface area contributed by atoms with Crippen molar-refractivity contribution >= 4 is 35.8 Å². The van der Waals surface area contributed by atoms with E-state index in [1.807, 2.05) is 37.3 Å². The van der Waals surface area contributed by atoms with E-state index in [0.29, 0.717) is 12.5 Å². The number of hydrogen-bond acceptors (Lipinski definition) is 3. The van der Waals surface area contributed by atoms with Crippen molar-refractivity contribution in [2.45, 2.75) is 39.3 Å². The van der Waals surface area contributed by atoms with E-state index in [1.54, 1.807) is 7.11 Å². The van der Waals surface area contributed by atoms with Crippen molar-refractivity contribution in [3.05, 3.63) is 65.7 Å². The van der Waals surface area contributed by atoms with Gasteiger partial charge in [-0.2, -0.15) is 0 Å². The average Bonchev–Trinajstić information content (AvgIpc) is 2.76. The molecule has 3 N–H and O–H groups in total. The first-order chi connectivity index (χ1) is 14.1. The van der Waals surface area contributed by atoms with Crippen molar-refractivity contribution in [1.29, 1.82) is 0 Å². The van der Waals surface area contributed by atoms with E-state index in [9.17, 15) is 4.79 Å². The summed E-state index contributed by atoms with van der Waals surface area (Å²) in [5, 5.41) is 9.46. The van der Waals surface area contributed by atoms with Gasteiger partial charge in [0.2, 0.25) is 5.91 Å². The quantitative estimate of drug-likeness (QED) is 0.253. The van der Waals surface area contributed by atoms with Crippen LogP contribution in [0.25, 0.3) is 0 Å². The number of ether oxygens (including phenoxy) is 1. The molecule has 1 atom stereocenters. The van der Waals surface area contributed by atoms with Crippen LogP contribution < -0.4 is 20.7 Å². The lowest BCUT2D eigenvalue weighted by molar-refractivity contribution is -0.119. The molecular weight excluding hydrogens is 491 g/mol. The number of nitrogens with zero attached hydrogens (tertiary/aromatic N) is 1. The molecule has 2 aromatic carbocycles. The lowest BCUT2D eigenvalue weighted by atomic mass is 10.1. The van der Waals surface area contributed by atoms with Crippen LogP contribution >= 0.6 is 24.0 Å². The van der Waals surface area contributed by atoms with E-state index in [2.05, 4.69) is 52.1 Å². The van der Waals surface area contributed by atoms with E-state index in [1.165, 1.54) is 5.56 Å². The number of guanidine groups is 1. The lowest BCUT2D eigenvalue weighted by Gasteiger charge is -2.18. The Morgan fingerprint density at radius 3 is 2.37 bits per heavy atom. The fraction of sp³-hybridized carbons (Fsp3) is 0.391. The molecule has 0 bridgehead atoms. The number of benzene rings is 2. The molecule has 0 saturated carbocycles. The maximum Gasteiger partial charge on any atom is 0.242 e. The zero-order valence-electron chi connectivity index (χ0n) is 18.0. The first-order valence-corrected chi connectivity index (χ1v) is 10.1. The van der Waals surface area contributed by atoms with Crippen LogP contribution in [-0.2, 0) is 17.8 Å². The normalized spacial score (nSPS) is 11.8. The summed E-state index contributed by atoms with van der Waals surface area (Å²) in [6, 6.07) is 18.3. The second kappa shape index (κ2) is 14.7. The van der Waals surface area contributed by atoms with Gasteiger partial charge >= 0.3 is 0 Å². The molecule has 0 spiro atoms. The molecule has 164 valence electrons. The number of halogens is 1. The standard InChI is InChI=1S/C23H32N4O2.HI/c1-4-24-23(27-18(2)10-11-19-8-6-5-7-9-19)26-17-22(28)25-16-20-12-14-21(29-3)15-13-20;/h5-9,12-15,18H,4,10-11,16-17H2,1-3H3,(H,25,28)(H2,24,26,27);1H. The van der Waals surface area contributed by atoms with Gasteiger partial charge in [-0.25, -0.2) is 4.99 Å². The summed E-state index contributed by atoms with van der Waals surface area (Å²) < 4.78 is 5.14. The zero-order valence-corrected chi connectivity index (χ0v) is 20.3. The number of nitrogens with one attached hydrogen (secondary N) is 3. The molecule has 0 aromatic heterocycles. The SMILES string of the molecule is CCNC(=NCC(=O)NCc1ccc(OC)cc1)NC(C)CCc1ccccc1.I. The first-order valence-electron chi connectivity index (χ1n) is 10.1. The fourth-order valence-electron chi connectivity index (χ4n) is 2.80. The lowest BCUT2D eigenvalue weighted by Crippen LogP contribution is -2.43. The highest BCUT2D eigenvalue weighted by Crippen LogP contribution is 2.10. The Hall–Kier alpha value is -2.29. The summed E-state index contributed by atoms with van der Waals surface area (Å²) in [6.07, 6.45) is 1.98. The molecule has 6 nitrogen and oxygen atoms in total. The van der Waals surface area contributed by atoms with Crippen LogP contribution in [0.5, 0.6) is 5.75 Å². The predicted octanol–water partition coefficient (Wildman–Crippen LogP) is 3.51. The van der Waals surface area contributed by atoms with Gasteiger partial charge in [0.25, 0.3) is 0 Å². The van der Waals surface area contributed by atoms with E-state index >= 15 is 0 Å². The zero-order chi connectivity index (χ0) is 20.9. The second-order valence-electron chi connectivity index (χ2n) is 6.89. The summed E-state index contributed by atoms with van der Waals surface area (Å²) in [6.45, 7) is 5.42. The molecule has 0 aliphatic rings. The summed E-state index contributed by atoms with van der Waals surface area (Å²) in [7, 11) is 1.63. The molecule has 0 radical (unpaired) electrons. The molecule has 0 aliphatic heterocycles. The molecule has 1 unspecified atom stereocenters. The summed E-state index contributed by atoms with van der Waals surface area (Å²) in [5.74, 6) is 1.34. The van der Waals surface area contributed by atoms with Crippen LogP contribution in [0.15, 0.2) is 59.6 Å². The van der Waals surface area contributed by atoms with Crippen molar-refractivity contribution in [3.63, 3.8) is 0 Å². The molecule has 2 aromatic rings. The number of rotatable bonds is 10. The molecule has 0 aliphatic carbocycles. The number of aryl methyl sites for hydroxylation is 1. The van der Waals surface area contributed by atoms with Gasteiger partial charge in [-0.05, 0) is 49.9 Å². The Balaban J connectivity index is 0.00000450. The Bertz CT molecular complexity index is 767. The van der Waals surface area contributed by atoms with Crippen LogP contribution in [0.4, 0.5) is 0 Å². The monoisotopic (exact) mass is 524 g/mol. The highest BCUT2D eigenvalue weighted by Gasteiger charge is 2.07. The summed E-state index contributed by atoms with van der Waals surface area (Å²) in [4.78, 5) is 16.6. The molecule has 1 amide bonds. The Kier molecular flexibility index (Phi) is 12.6. The minimum atomic E-state index is -0.116. The highest BCUT2D eigenvalue weighted by molar-refractivity contribution is 14.0. The van der Waals surface area contributed by atoms with Crippen molar-refractivity contribution in [2.75, 3.05) is 20.2 Å². The number of hydrogen-bond donors (Lipinski definition) is 3. The Labute approximate surface area is 196 Å². The maximum atomic E-state index is 12.1. The van der Waals surface area contributed by atoms with Crippen LogP contribution in [0.1, 0.15) is 31.4 Å². The van der Waals surface area contributed by atoms with Gasteiger partial charge in [-0.15, -0.1) is 24.0 Å². The number of amides is 1. The van der Waals surface area contributed by atoms with Crippen molar-refractivity contribution in [1.82, 2.24) is 16.0 Å². The van der Waals surface area contributed by atoms with E-state index in [-0.39, 0.29) is 42.5 Å². The third-order valence-corrected chi connectivity index (χ3v) is 4.47. The average molecular weight is 524 g/mol. The molecule has 2 rings (SSSR count). The van der Waals surface area contributed by atoms with E-state index in [0.717, 1.165) is 30.7 Å². The largest absolute Gasteiger partial charge is 0.497 e. The van der Waals surface area contributed by atoms with Crippen LogP contribution in [0.3, 0.4) is 0 Å². The summed E-state index contributed by atoms with van der Waals surface area (Å²) >= 11 is 0. The van der Waals surface area contributed by atoms with Crippen molar-refractivity contribution in [2.24, 2.45) is 4.99 Å². The summed E-state index contributed by atoms with van der Waals surface area (Å²) in [5.41, 5.74) is 2.34. The van der Waals surface area contributed by atoms with Crippen molar-refractivity contribution in [3.8, 4) is 5.75 Å². The second-order valence-corrected chi connectivity index (χ2v) is 6.89. The predicted molar refractivity (Wildman–Crippen MR) is 134 cm³/mol. The third-order valence-electron chi connectivity index (χ3n) is 4.47. The minimum absolute atomic E-state index is 0. The number of carbonyl (C=O) groups excluding carboxylic acids is 1. The molecule has 30 heavy (non-hydrogen) atoms.